The molecule has 2 aromatic heterocycles. The van der Waals surface area contributed by atoms with Crippen molar-refractivity contribution < 1.29 is 26.4 Å². The van der Waals surface area contributed by atoms with Gasteiger partial charge < -0.3 is 16.0 Å². The number of benzene rings is 2. The van der Waals surface area contributed by atoms with Crippen molar-refractivity contribution in [1.29, 1.82) is 0 Å². The first kappa shape index (κ1) is 29.3. The molecule has 0 atom stereocenters. The summed E-state index contributed by atoms with van der Waals surface area (Å²) in [6.45, 7) is 1.60. The second-order valence-electron chi connectivity index (χ2n) is 8.69. The predicted molar refractivity (Wildman–Crippen MR) is 149 cm³/mol. The summed E-state index contributed by atoms with van der Waals surface area (Å²) < 4.78 is 67.3. The minimum absolute atomic E-state index is 0.00397. The molecule has 214 valence electrons. The fourth-order valence-corrected chi connectivity index (χ4v) is 4.19. The summed E-state index contributed by atoms with van der Waals surface area (Å²) in [7, 11) is -3.66. The largest absolute Gasteiger partial charge is 0.421 e. The van der Waals surface area contributed by atoms with E-state index in [0.29, 0.717) is 29.6 Å². The van der Waals surface area contributed by atoms with E-state index in [2.05, 4.69) is 35.6 Å². The van der Waals surface area contributed by atoms with E-state index in [-0.39, 0.29) is 30.0 Å². The number of amides is 1. The zero-order valence-corrected chi connectivity index (χ0v) is 22.6. The van der Waals surface area contributed by atoms with Gasteiger partial charge in [0, 0.05) is 42.3 Å². The highest BCUT2D eigenvalue weighted by atomic mass is 32.2. The number of pyridine rings is 1. The number of nitrogens with one attached hydrogen (secondary N) is 4. The van der Waals surface area contributed by atoms with Crippen LogP contribution in [0.2, 0.25) is 0 Å². The second-order valence-corrected chi connectivity index (χ2v) is 10.7. The van der Waals surface area contributed by atoms with E-state index in [0.717, 1.165) is 5.56 Å². The number of hydrogen-bond acceptors (Lipinski definition) is 8. The lowest BCUT2D eigenvalue weighted by atomic mass is 10.2. The van der Waals surface area contributed by atoms with Gasteiger partial charge in [-0.25, -0.2) is 18.4 Å². The van der Waals surface area contributed by atoms with Gasteiger partial charge in [-0.1, -0.05) is 36.4 Å². The van der Waals surface area contributed by atoms with E-state index < -0.39 is 27.6 Å². The van der Waals surface area contributed by atoms with Crippen molar-refractivity contribution in [3.05, 3.63) is 101 Å². The molecule has 2 aromatic carbocycles. The molecule has 0 radical (unpaired) electrons. The minimum Gasteiger partial charge on any atom is -0.365 e. The molecule has 1 amide bonds. The molecule has 41 heavy (non-hydrogen) atoms. The van der Waals surface area contributed by atoms with E-state index in [9.17, 15) is 26.4 Å². The summed E-state index contributed by atoms with van der Waals surface area (Å²) in [5.74, 6) is -1.13. The lowest BCUT2D eigenvalue weighted by Gasteiger charge is -2.16. The maximum Gasteiger partial charge on any atom is 0.421 e. The molecule has 0 bridgehead atoms. The monoisotopic (exact) mass is 585 g/mol. The van der Waals surface area contributed by atoms with Gasteiger partial charge in [0.05, 0.1) is 5.75 Å². The lowest BCUT2D eigenvalue weighted by Crippen LogP contribution is -2.22. The van der Waals surface area contributed by atoms with Crippen LogP contribution in [0.5, 0.6) is 0 Å². The number of alkyl halides is 3. The third-order valence-electron chi connectivity index (χ3n) is 5.76. The fourth-order valence-electron chi connectivity index (χ4n) is 3.57. The molecule has 0 aliphatic heterocycles. The van der Waals surface area contributed by atoms with Gasteiger partial charge >= 0.3 is 6.18 Å². The molecule has 0 aliphatic carbocycles. The number of rotatable bonds is 11. The molecule has 10 nitrogen and oxygen atoms in total. The van der Waals surface area contributed by atoms with Gasteiger partial charge in [0.2, 0.25) is 16.0 Å². The fraction of sp³-hybridized carbons (Fsp3) is 0.185. The highest BCUT2D eigenvalue weighted by molar-refractivity contribution is 7.92. The first-order valence-corrected chi connectivity index (χ1v) is 14.0. The average Bonchev–Trinajstić information content (AvgIpc) is 2.96. The second kappa shape index (κ2) is 12.6. The van der Waals surface area contributed by atoms with Crippen LogP contribution < -0.4 is 20.7 Å². The Morgan fingerprint density at radius 3 is 2.32 bits per heavy atom. The highest BCUT2D eigenvalue weighted by Gasteiger charge is 2.35. The molecular weight excluding hydrogens is 559 g/mol. The van der Waals surface area contributed by atoms with Crippen LogP contribution in [0.1, 0.15) is 34.0 Å². The number of hydrogen-bond donors (Lipinski definition) is 4. The van der Waals surface area contributed by atoms with Crippen LogP contribution in [-0.4, -0.2) is 35.0 Å². The van der Waals surface area contributed by atoms with E-state index in [1.54, 1.807) is 24.3 Å². The first-order valence-electron chi connectivity index (χ1n) is 12.4. The van der Waals surface area contributed by atoms with Crippen LogP contribution in [0.15, 0.2) is 79.1 Å². The van der Waals surface area contributed by atoms with Crippen molar-refractivity contribution in [2.45, 2.75) is 26.2 Å². The third kappa shape index (κ3) is 8.14. The summed E-state index contributed by atoms with van der Waals surface area (Å²) in [5.41, 5.74) is 0.997. The zero-order valence-electron chi connectivity index (χ0n) is 21.7. The molecule has 14 heteroatoms. The maximum absolute atomic E-state index is 13.7. The van der Waals surface area contributed by atoms with Crippen LogP contribution in [0.4, 0.5) is 36.4 Å². The van der Waals surface area contributed by atoms with Crippen molar-refractivity contribution in [2.24, 2.45) is 0 Å². The molecule has 2 heterocycles. The molecule has 0 saturated heterocycles. The third-order valence-corrected chi connectivity index (χ3v) is 7.03. The van der Waals surface area contributed by atoms with Crippen LogP contribution in [0.3, 0.4) is 0 Å². The summed E-state index contributed by atoms with van der Waals surface area (Å²) in [5, 5.41) is 8.27. The van der Waals surface area contributed by atoms with Crippen LogP contribution in [-0.2, 0) is 29.3 Å². The summed E-state index contributed by atoms with van der Waals surface area (Å²) in [6.07, 6.45) is -2.74. The van der Waals surface area contributed by atoms with E-state index in [1.807, 2.05) is 30.3 Å². The predicted octanol–water partition coefficient (Wildman–Crippen LogP) is 4.94. The zero-order chi connectivity index (χ0) is 29.5. The van der Waals surface area contributed by atoms with Crippen molar-refractivity contribution in [3.63, 3.8) is 0 Å². The molecule has 4 N–H and O–H groups in total. The van der Waals surface area contributed by atoms with Gasteiger partial charge in [-0.05, 0) is 42.8 Å². The molecular formula is C27H26F3N7O3S. The quantitative estimate of drug-likeness (QED) is 0.194. The number of carbonyl (C=O) groups is 1. The number of nitrogens with zero attached hydrogens (tertiary/aromatic N) is 3. The van der Waals surface area contributed by atoms with E-state index in [4.69, 9.17) is 0 Å². The lowest BCUT2D eigenvalue weighted by molar-refractivity contribution is -0.137. The Balaban J connectivity index is 1.47. The molecule has 0 fully saturated rings. The van der Waals surface area contributed by atoms with Crippen molar-refractivity contribution in [3.8, 4) is 0 Å². The van der Waals surface area contributed by atoms with E-state index >= 15 is 0 Å². The van der Waals surface area contributed by atoms with Gasteiger partial charge in [0.1, 0.15) is 17.2 Å². The van der Waals surface area contributed by atoms with Gasteiger partial charge in [0.25, 0.3) is 5.91 Å². The number of halogens is 3. The van der Waals surface area contributed by atoms with Gasteiger partial charge in [-0.3, -0.25) is 9.52 Å². The molecule has 0 saturated carbocycles. The average molecular weight is 586 g/mol. The normalized spacial score (nSPS) is 11.5. The molecule has 0 spiro atoms. The maximum atomic E-state index is 13.7. The number of anilines is 4. The van der Waals surface area contributed by atoms with Gasteiger partial charge in [-0.2, -0.15) is 18.2 Å². The van der Waals surface area contributed by atoms with E-state index in [1.165, 1.54) is 25.3 Å². The topological polar surface area (TPSA) is 138 Å². The smallest absolute Gasteiger partial charge is 0.365 e. The van der Waals surface area contributed by atoms with Gasteiger partial charge in [0.15, 0.2) is 0 Å². The Morgan fingerprint density at radius 1 is 0.902 bits per heavy atom. The Kier molecular flexibility index (Phi) is 9.02. The standard InChI is InChI=1S/C27H26F3N7O3S/c1-2-41(39,40)37-23-20(9-6-14-31-23)16-32-24-22(27(28,29)30)17-34-26(36-24)35-21-12-10-19(11-13-21)25(38)33-15-18-7-4-3-5-8-18/h3-14,17H,2,15-16H2,1H3,(H,31,37)(H,33,38)(H2,32,34,35,36). The Bertz CT molecular complexity index is 1600. The van der Waals surface area contributed by atoms with Crippen LogP contribution in [0, 0.1) is 0 Å². The van der Waals surface area contributed by atoms with Crippen LogP contribution in [0.25, 0.3) is 0 Å². The number of carbonyl (C=O) groups excluding carboxylic acids is 1. The number of sulfonamides is 1. The minimum atomic E-state index is -4.75. The van der Waals surface area contributed by atoms with Crippen molar-refractivity contribution in [1.82, 2.24) is 20.3 Å². The highest BCUT2D eigenvalue weighted by Crippen LogP contribution is 2.34. The first-order chi connectivity index (χ1) is 19.5. The van der Waals surface area contributed by atoms with Gasteiger partial charge in [-0.15, -0.1) is 0 Å². The Hall–Kier alpha value is -4.72. The Morgan fingerprint density at radius 2 is 1.63 bits per heavy atom. The summed E-state index contributed by atoms with van der Waals surface area (Å²) in [6, 6.07) is 18.8. The molecule has 4 rings (SSSR count). The van der Waals surface area contributed by atoms with Crippen molar-refractivity contribution >= 4 is 39.2 Å². The Labute approximate surface area is 234 Å². The summed E-state index contributed by atoms with van der Waals surface area (Å²) >= 11 is 0. The summed E-state index contributed by atoms with van der Waals surface area (Å²) in [4.78, 5) is 24.2. The number of aromatic nitrogens is 3. The molecule has 0 aliphatic rings. The SMILES string of the molecule is CCS(=O)(=O)Nc1ncccc1CNc1nc(Nc2ccc(C(=O)NCc3ccccc3)cc2)ncc1C(F)(F)F. The van der Waals surface area contributed by atoms with Crippen molar-refractivity contribution in [2.75, 3.05) is 21.1 Å². The molecule has 0 unspecified atom stereocenters. The van der Waals surface area contributed by atoms with Crippen LogP contribution >= 0.6 is 0 Å². The molecule has 4 aromatic rings.